The summed E-state index contributed by atoms with van der Waals surface area (Å²) in [7, 11) is 0. The lowest BCUT2D eigenvalue weighted by atomic mass is 10.3. The summed E-state index contributed by atoms with van der Waals surface area (Å²) in [6, 6.07) is -0.597. The van der Waals surface area contributed by atoms with Gasteiger partial charge in [-0.1, -0.05) is 6.92 Å². The minimum atomic E-state index is -0.778. The molecule has 0 radical (unpaired) electrons. The van der Waals surface area contributed by atoms with Crippen LogP contribution in [0.3, 0.4) is 0 Å². The van der Waals surface area contributed by atoms with E-state index in [1.165, 1.54) is 6.92 Å². The van der Waals surface area contributed by atoms with Gasteiger partial charge in [0.2, 0.25) is 0 Å². The fourth-order valence-electron chi connectivity index (χ4n) is 0.138. The molecule has 0 rings (SSSR count). The second kappa shape index (κ2) is 2.91. The van der Waals surface area contributed by atoms with Crippen molar-refractivity contribution in [3.05, 3.63) is 0 Å². The molecule has 1 atom stereocenters. The summed E-state index contributed by atoms with van der Waals surface area (Å²) in [5.41, 5.74) is 0. The third kappa shape index (κ3) is 2.51. The molecule has 44 valence electrons. The number of hydrogen-bond acceptors (Lipinski definition) is 1. The molecule has 0 aromatic heterocycles. The highest BCUT2D eigenvalue weighted by Gasteiger charge is 2.06. The Bertz CT molecular complexity index is 47.0. The molecule has 0 N–H and O–H groups in total. The van der Waals surface area contributed by atoms with Gasteiger partial charge in [-0.15, -0.1) is 8.96 Å². The van der Waals surface area contributed by atoms with E-state index in [0.29, 0.717) is 6.42 Å². The largest absolute Gasteiger partial charge is 0.101 e. The fraction of sp³-hybridized carbons (Fsp3) is 1.00. The smallest absolute Gasteiger partial charge is 0.0699 e. The van der Waals surface area contributed by atoms with E-state index in [-0.39, 0.29) is 0 Å². The van der Waals surface area contributed by atoms with Crippen LogP contribution in [-0.4, -0.2) is 11.4 Å². The third-order valence-electron chi connectivity index (χ3n) is 0.924. The summed E-state index contributed by atoms with van der Waals surface area (Å²) in [6.07, 6.45) is 0.493. The first-order valence-electron chi connectivity index (χ1n) is 2.29. The van der Waals surface area contributed by atoms with Gasteiger partial charge in [0.1, 0.15) is 0 Å². The van der Waals surface area contributed by atoms with Crippen molar-refractivity contribution in [3.8, 4) is 0 Å². The zero-order valence-electron chi connectivity index (χ0n) is 4.49. The molecule has 0 heterocycles. The summed E-state index contributed by atoms with van der Waals surface area (Å²) < 4.78 is 22.5. The number of nitrogens with zero attached hydrogens (tertiary/aromatic N) is 1. The van der Waals surface area contributed by atoms with Crippen molar-refractivity contribution in [2.24, 2.45) is 0 Å². The van der Waals surface area contributed by atoms with Crippen molar-refractivity contribution in [2.75, 3.05) is 0 Å². The van der Waals surface area contributed by atoms with E-state index in [1.54, 1.807) is 6.92 Å². The van der Waals surface area contributed by atoms with E-state index in [1.807, 2.05) is 0 Å². The zero-order chi connectivity index (χ0) is 5.86. The first kappa shape index (κ1) is 6.82. The van der Waals surface area contributed by atoms with Crippen molar-refractivity contribution in [2.45, 2.75) is 26.3 Å². The molecule has 7 heavy (non-hydrogen) atoms. The lowest BCUT2D eigenvalue weighted by Crippen LogP contribution is -2.14. The van der Waals surface area contributed by atoms with Crippen molar-refractivity contribution in [3.63, 3.8) is 0 Å². The number of hydrogen-bond donors (Lipinski definition) is 0. The topological polar surface area (TPSA) is 3.24 Å². The van der Waals surface area contributed by atoms with Gasteiger partial charge in [0.05, 0.1) is 6.04 Å². The van der Waals surface area contributed by atoms with Crippen LogP contribution in [0.25, 0.3) is 0 Å². The van der Waals surface area contributed by atoms with Crippen LogP contribution in [0, 0.1) is 0 Å². The molecule has 0 aliphatic rings. The quantitative estimate of drug-likeness (QED) is 0.489. The van der Waals surface area contributed by atoms with Gasteiger partial charge in [-0.2, -0.15) is 0 Å². The van der Waals surface area contributed by atoms with Gasteiger partial charge < -0.3 is 0 Å². The fourth-order valence-corrected chi connectivity index (χ4v) is 0.138. The average Bonchev–Trinajstić information content (AvgIpc) is 1.65. The van der Waals surface area contributed by atoms with Gasteiger partial charge in [0, 0.05) is 5.34 Å². The van der Waals surface area contributed by atoms with E-state index < -0.39 is 11.4 Å². The predicted octanol–water partition coefficient (Wildman–Crippen LogP) is 1.86. The van der Waals surface area contributed by atoms with Crippen LogP contribution < -0.4 is 0 Å². The summed E-state index contributed by atoms with van der Waals surface area (Å²) in [6.45, 7) is 3.19. The third-order valence-corrected chi connectivity index (χ3v) is 0.924. The van der Waals surface area contributed by atoms with Gasteiger partial charge >= 0.3 is 0 Å². The maximum atomic E-state index is 11.3. The van der Waals surface area contributed by atoms with Crippen LogP contribution in [0.4, 0.5) is 8.96 Å². The van der Waals surface area contributed by atoms with E-state index in [9.17, 15) is 8.96 Å². The lowest BCUT2D eigenvalue weighted by molar-refractivity contribution is -0.183. The second-order valence-corrected chi connectivity index (χ2v) is 1.52. The first-order valence-corrected chi connectivity index (χ1v) is 2.29. The summed E-state index contributed by atoms with van der Waals surface area (Å²) in [5.74, 6) is 0. The van der Waals surface area contributed by atoms with Crippen molar-refractivity contribution in [1.29, 1.82) is 0 Å². The van der Waals surface area contributed by atoms with Gasteiger partial charge in [0.15, 0.2) is 0 Å². The zero-order valence-corrected chi connectivity index (χ0v) is 4.49. The Kier molecular flexibility index (Phi) is 2.83. The Morgan fingerprint density at radius 3 is 2.00 bits per heavy atom. The van der Waals surface area contributed by atoms with Crippen molar-refractivity contribution in [1.82, 2.24) is 5.34 Å². The number of rotatable bonds is 2. The molecular formula is C4H9F2N. The molecule has 0 fully saturated rings. The SMILES string of the molecule is CC[C@H](C)N(F)F. The molecule has 0 saturated carbocycles. The van der Waals surface area contributed by atoms with Crippen molar-refractivity contribution < 1.29 is 8.96 Å². The minimum absolute atomic E-state index is 0.493. The molecule has 0 aliphatic carbocycles. The molecule has 0 aliphatic heterocycles. The van der Waals surface area contributed by atoms with E-state index in [0.717, 1.165) is 0 Å². The molecule has 1 nitrogen and oxygen atoms in total. The highest BCUT2D eigenvalue weighted by atomic mass is 19.4. The van der Waals surface area contributed by atoms with Gasteiger partial charge in [-0.05, 0) is 13.3 Å². The Balaban J connectivity index is 3.14. The van der Waals surface area contributed by atoms with Crippen LogP contribution in [-0.2, 0) is 0 Å². The molecule has 0 bridgehead atoms. The first-order chi connectivity index (χ1) is 3.18. The molecule has 0 aromatic rings. The van der Waals surface area contributed by atoms with Gasteiger partial charge in [-0.25, -0.2) is 0 Å². The Labute approximate surface area is 41.8 Å². The van der Waals surface area contributed by atoms with E-state index in [2.05, 4.69) is 0 Å². The Morgan fingerprint density at radius 2 is 2.00 bits per heavy atom. The summed E-state index contributed by atoms with van der Waals surface area (Å²) in [5, 5.41) is -0.778. The van der Waals surface area contributed by atoms with Gasteiger partial charge in [-0.3, -0.25) is 0 Å². The summed E-state index contributed by atoms with van der Waals surface area (Å²) >= 11 is 0. The monoisotopic (exact) mass is 109 g/mol. The maximum Gasteiger partial charge on any atom is 0.0699 e. The maximum absolute atomic E-state index is 11.3. The van der Waals surface area contributed by atoms with Crippen LogP contribution in [0.5, 0.6) is 0 Å². The Hall–Kier alpha value is -0.180. The molecule has 0 amide bonds. The number of halogens is 2. The van der Waals surface area contributed by atoms with Gasteiger partial charge in [0.25, 0.3) is 0 Å². The normalized spacial score (nSPS) is 15.0. The molecule has 0 unspecified atom stereocenters. The van der Waals surface area contributed by atoms with Crippen LogP contribution >= 0.6 is 0 Å². The highest BCUT2D eigenvalue weighted by Crippen LogP contribution is 2.02. The molecule has 0 saturated heterocycles. The average molecular weight is 109 g/mol. The minimum Gasteiger partial charge on any atom is -0.101 e. The standard InChI is InChI=1S/C4H9F2N/c1-3-4(2)7(5)6/h4H,3H2,1-2H3/t4-/m0/s1. The second-order valence-electron chi connectivity index (χ2n) is 1.52. The van der Waals surface area contributed by atoms with Crippen LogP contribution in [0.15, 0.2) is 0 Å². The lowest BCUT2D eigenvalue weighted by Gasteiger charge is -2.05. The van der Waals surface area contributed by atoms with E-state index >= 15 is 0 Å². The van der Waals surface area contributed by atoms with Crippen LogP contribution in [0.1, 0.15) is 20.3 Å². The van der Waals surface area contributed by atoms with E-state index in [4.69, 9.17) is 0 Å². The van der Waals surface area contributed by atoms with Crippen molar-refractivity contribution >= 4 is 0 Å². The van der Waals surface area contributed by atoms with Crippen LogP contribution in [0.2, 0.25) is 0 Å². The molecule has 3 heteroatoms. The molecule has 0 spiro atoms. The predicted molar refractivity (Wildman–Crippen MR) is 23.8 cm³/mol. The highest BCUT2D eigenvalue weighted by molar-refractivity contribution is 4.45. The summed E-state index contributed by atoms with van der Waals surface area (Å²) in [4.78, 5) is 0. The Morgan fingerprint density at radius 1 is 1.57 bits per heavy atom. The molecule has 0 aromatic carbocycles. The molecular weight excluding hydrogens is 100 g/mol.